The molecule has 1 amide bonds. The summed E-state index contributed by atoms with van der Waals surface area (Å²) in [7, 11) is 1.61. The molecule has 0 bridgehead atoms. The van der Waals surface area contributed by atoms with Crippen LogP contribution in [0, 0.1) is 0 Å². The Morgan fingerprint density at radius 2 is 2.16 bits per heavy atom. The summed E-state index contributed by atoms with van der Waals surface area (Å²) in [6.45, 7) is 1.40. The van der Waals surface area contributed by atoms with Gasteiger partial charge >= 0.3 is 6.09 Å². The lowest BCUT2D eigenvalue weighted by Crippen LogP contribution is -2.53. The van der Waals surface area contributed by atoms with Crippen molar-refractivity contribution in [3.8, 4) is 0 Å². The normalized spacial score (nSPS) is 23.2. The summed E-state index contributed by atoms with van der Waals surface area (Å²) in [5.74, 6) is 0. The Morgan fingerprint density at radius 3 is 2.84 bits per heavy atom. The molecule has 0 aromatic heterocycles. The molecule has 1 heterocycles. The lowest BCUT2D eigenvalue weighted by molar-refractivity contribution is 0.0107. The minimum atomic E-state index is -0.308. The summed E-state index contributed by atoms with van der Waals surface area (Å²) in [5.41, 5.74) is 6.89. The van der Waals surface area contributed by atoms with E-state index in [1.54, 1.807) is 12.0 Å². The third-order valence-electron chi connectivity index (χ3n) is 3.38. The number of hydrogen-bond donors (Lipinski definition) is 1. The Kier molecular flexibility index (Phi) is 4.76. The molecule has 0 radical (unpaired) electrons. The maximum Gasteiger partial charge on any atom is 0.410 e. The van der Waals surface area contributed by atoms with Crippen molar-refractivity contribution in [2.75, 3.05) is 20.2 Å². The molecule has 1 aliphatic heterocycles. The van der Waals surface area contributed by atoms with Crippen LogP contribution in [0.3, 0.4) is 0 Å². The average molecular weight is 264 g/mol. The second-order valence-electron chi connectivity index (χ2n) is 4.71. The first-order chi connectivity index (χ1) is 9.20. The van der Waals surface area contributed by atoms with E-state index < -0.39 is 0 Å². The Balaban J connectivity index is 1.83. The Bertz CT molecular complexity index is 410. The number of carbonyl (C=O) groups excluding carboxylic acids is 1. The van der Waals surface area contributed by atoms with Gasteiger partial charge in [-0.25, -0.2) is 4.79 Å². The number of benzene rings is 1. The van der Waals surface area contributed by atoms with Crippen LogP contribution in [0.5, 0.6) is 0 Å². The zero-order chi connectivity index (χ0) is 13.7. The van der Waals surface area contributed by atoms with Gasteiger partial charge in [0.15, 0.2) is 0 Å². The number of nitrogens with zero attached hydrogens (tertiary/aromatic N) is 1. The van der Waals surface area contributed by atoms with Gasteiger partial charge in [-0.1, -0.05) is 30.3 Å². The molecular weight excluding hydrogens is 244 g/mol. The van der Waals surface area contributed by atoms with Crippen LogP contribution in [-0.2, 0) is 16.1 Å². The van der Waals surface area contributed by atoms with Gasteiger partial charge in [0.05, 0.1) is 12.6 Å². The van der Waals surface area contributed by atoms with Gasteiger partial charge in [0, 0.05) is 19.7 Å². The fraction of sp³-hybridized carbons (Fsp3) is 0.500. The number of likely N-dealkylation sites (tertiary alicyclic amines) is 1. The molecule has 1 saturated heterocycles. The number of carbonyl (C=O) groups is 1. The quantitative estimate of drug-likeness (QED) is 0.895. The van der Waals surface area contributed by atoms with Crippen LogP contribution in [-0.4, -0.2) is 43.3 Å². The van der Waals surface area contributed by atoms with Crippen LogP contribution in [0.25, 0.3) is 0 Å². The first-order valence-corrected chi connectivity index (χ1v) is 6.44. The second-order valence-corrected chi connectivity index (χ2v) is 4.71. The molecule has 2 atom stereocenters. The zero-order valence-electron chi connectivity index (χ0n) is 11.1. The molecule has 104 valence electrons. The van der Waals surface area contributed by atoms with Gasteiger partial charge in [-0.2, -0.15) is 0 Å². The van der Waals surface area contributed by atoms with Gasteiger partial charge in [0.25, 0.3) is 0 Å². The van der Waals surface area contributed by atoms with Crippen LogP contribution in [0.15, 0.2) is 30.3 Å². The predicted octanol–water partition coefficient (Wildman–Crippen LogP) is 1.37. The summed E-state index contributed by atoms with van der Waals surface area (Å²) in [6.07, 6.45) is 0.315. The molecular formula is C14H20N2O3. The van der Waals surface area contributed by atoms with Crippen molar-refractivity contribution in [2.45, 2.75) is 25.2 Å². The number of piperidine rings is 1. The van der Waals surface area contributed by atoms with Gasteiger partial charge < -0.3 is 20.1 Å². The molecule has 1 aromatic rings. The number of nitrogens with two attached hydrogens (primary N) is 1. The molecule has 19 heavy (non-hydrogen) atoms. The van der Waals surface area contributed by atoms with E-state index in [2.05, 4.69) is 0 Å². The molecule has 0 unspecified atom stereocenters. The third kappa shape index (κ3) is 3.68. The smallest absolute Gasteiger partial charge is 0.410 e. The van der Waals surface area contributed by atoms with Gasteiger partial charge in [0.1, 0.15) is 6.61 Å². The molecule has 0 saturated carbocycles. The zero-order valence-corrected chi connectivity index (χ0v) is 11.1. The van der Waals surface area contributed by atoms with Crippen LogP contribution < -0.4 is 5.73 Å². The molecule has 1 aliphatic rings. The second kappa shape index (κ2) is 6.54. The fourth-order valence-corrected chi connectivity index (χ4v) is 2.16. The molecule has 5 nitrogen and oxygen atoms in total. The van der Waals surface area contributed by atoms with E-state index in [1.807, 2.05) is 30.3 Å². The van der Waals surface area contributed by atoms with Crippen molar-refractivity contribution in [1.29, 1.82) is 0 Å². The number of amides is 1. The van der Waals surface area contributed by atoms with Crippen LogP contribution in [0.1, 0.15) is 12.0 Å². The van der Waals surface area contributed by atoms with Crippen molar-refractivity contribution in [2.24, 2.45) is 5.73 Å². The largest absolute Gasteiger partial charge is 0.445 e. The SMILES string of the molecule is CO[C@@H]1CN(C(=O)OCc2ccccc2)CC[C@@H]1N. The molecule has 1 aromatic carbocycles. The van der Waals surface area contributed by atoms with Gasteiger partial charge in [0.2, 0.25) is 0 Å². The van der Waals surface area contributed by atoms with Crippen molar-refractivity contribution in [3.63, 3.8) is 0 Å². The highest BCUT2D eigenvalue weighted by molar-refractivity contribution is 5.67. The summed E-state index contributed by atoms with van der Waals surface area (Å²) in [6, 6.07) is 9.62. The molecule has 2 rings (SSSR count). The summed E-state index contributed by atoms with van der Waals surface area (Å²) in [4.78, 5) is 13.6. The van der Waals surface area contributed by atoms with E-state index in [0.29, 0.717) is 19.7 Å². The average Bonchev–Trinajstić information content (AvgIpc) is 2.46. The molecule has 5 heteroatoms. The van der Waals surface area contributed by atoms with E-state index in [0.717, 1.165) is 12.0 Å². The maximum atomic E-state index is 11.9. The van der Waals surface area contributed by atoms with Crippen LogP contribution in [0.4, 0.5) is 4.79 Å². The van der Waals surface area contributed by atoms with Gasteiger partial charge in [-0.15, -0.1) is 0 Å². The summed E-state index contributed by atoms with van der Waals surface area (Å²) in [5, 5.41) is 0. The third-order valence-corrected chi connectivity index (χ3v) is 3.38. The molecule has 0 aliphatic carbocycles. The number of hydrogen-bond acceptors (Lipinski definition) is 4. The van der Waals surface area contributed by atoms with E-state index in [4.69, 9.17) is 15.2 Å². The Hall–Kier alpha value is -1.59. The van der Waals surface area contributed by atoms with Gasteiger partial charge in [-0.05, 0) is 12.0 Å². The first kappa shape index (κ1) is 13.8. The van der Waals surface area contributed by atoms with Crippen molar-refractivity contribution < 1.29 is 14.3 Å². The van der Waals surface area contributed by atoms with Gasteiger partial charge in [-0.3, -0.25) is 0 Å². The highest BCUT2D eigenvalue weighted by atomic mass is 16.6. The predicted molar refractivity (Wildman–Crippen MR) is 71.6 cm³/mol. The monoisotopic (exact) mass is 264 g/mol. The fourth-order valence-electron chi connectivity index (χ4n) is 2.16. The minimum absolute atomic E-state index is 0.0110. The van der Waals surface area contributed by atoms with E-state index >= 15 is 0 Å². The van der Waals surface area contributed by atoms with E-state index in [9.17, 15) is 4.79 Å². The number of rotatable bonds is 3. The van der Waals surface area contributed by atoms with E-state index in [1.165, 1.54) is 0 Å². The first-order valence-electron chi connectivity index (χ1n) is 6.44. The number of ether oxygens (including phenoxy) is 2. The number of methoxy groups -OCH3 is 1. The summed E-state index contributed by atoms with van der Waals surface area (Å²) >= 11 is 0. The Morgan fingerprint density at radius 1 is 1.42 bits per heavy atom. The molecule has 2 N–H and O–H groups in total. The highest BCUT2D eigenvalue weighted by Gasteiger charge is 2.29. The van der Waals surface area contributed by atoms with Crippen molar-refractivity contribution >= 4 is 6.09 Å². The lowest BCUT2D eigenvalue weighted by atomic mass is 10.0. The van der Waals surface area contributed by atoms with Crippen LogP contribution in [0.2, 0.25) is 0 Å². The highest BCUT2D eigenvalue weighted by Crippen LogP contribution is 2.13. The summed E-state index contributed by atoms with van der Waals surface area (Å²) < 4.78 is 10.6. The topological polar surface area (TPSA) is 64.8 Å². The molecule has 0 spiro atoms. The standard InChI is InChI=1S/C14H20N2O3/c1-18-13-9-16(8-7-12(13)15)14(17)19-10-11-5-3-2-4-6-11/h2-6,12-13H,7-10,15H2,1H3/t12-,13+/m0/s1. The minimum Gasteiger partial charge on any atom is -0.445 e. The van der Waals surface area contributed by atoms with Crippen LogP contribution >= 0.6 is 0 Å². The van der Waals surface area contributed by atoms with Crippen molar-refractivity contribution in [1.82, 2.24) is 4.90 Å². The lowest BCUT2D eigenvalue weighted by Gasteiger charge is -2.35. The Labute approximate surface area is 113 Å². The molecule has 1 fully saturated rings. The van der Waals surface area contributed by atoms with Crippen molar-refractivity contribution in [3.05, 3.63) is 35.9 Å². The van der Waals surface area contributed by atoms with E-state index in [-0.39, 0.29) is 18.2 Å². The maximum absolute atomic E-state index is 11.9.